The fraction of sp³-hybridized carbons (Fsp3) is 0.551. The topological polar surface area (TPSA) is 189 Å². The molecule has 4 aliphatic rings. The summed E-state index contributed by atoms with van der Waals surface area (Å²) in [5, 5.41) is 6.28. The number of nitrogens with two attached hydrogens (primary N) is 1. The highest BCUT2D eigenvalue weighted by molar-refractivity contribution is 6.03. The van der Waals surface area contributed by atoms with Gasteiger partial charge in [-0.25, -0.2) is 14.2 Å². The number of piperidine rings is 2. The molecule has 0 radical (unpaired) electrons. The van der Waals surface area contributed by atoms with Gasteiger partial charge < -0.3 is 30.2 Å². The van der Waals surface area contributed by atoms with E-state index in [2.05, 4.69) is 32.4 Å². The molecule has 4 N–H and O–H groups in total. The molecule has 16 heteroatoms. The number of alkyl halides is 1. The van der Waals surface area contributed by atoms with Crippen LogP contribution in [0.4, 0.5) is 4.39 Å². The Bertz CT molecular complexity index is 2560. The number of amides is 4. The summed E-state index contributed by atoms with van der Waals surface area (Å²) in [5.74, 6) is 5.79. The molecular formula is C49H60FN7O8. The number of primary amides is 1. The van der Waals surface area contributed by atoms with Gasteiger partial charge in [0.15, 0.2) is 6.17 Å². The SMILES string of the molecule is CC[C@@H]1[C@H](F)C(=O)N[C@@H]1COc1ncc(C#C[C@H]2CC[C@H](CCN3CCC(OCCCc4ccc5c(c4)n(C)c(=O)n5C4CCC(=O)NC4=O)CC3)CC2)c2cc(C(N)=O)c(OC)cc12. The molecule has 3 saturated heterocycles. The Morgan fingerprint density at radius 2 is 1.77 bits per heavy atom. The van der Waals surface area contributed by atoms with E-state index in [0.29, 0.717) is 47.2 Å². The molecule has 15 nitrogen and oxygen atoms in total. The lowest BCUT2D eigenvalue weighted by molar-refractivity contribution is -0.135. The van der Waals surface area contributed by atoms with E-state index < -0.39 is 41.9 Å². The summed E-state index contributed by atoms with van der Waals surface area (Å²) in [5.41, 5.74) is 8.89. The standard InChI is InChI=1S/C49H60FN7O8/c1-4-34-38(53-47(61)44(34)50)28-65-48-36-26-42(63-3)37(45(51)59)25-35(36)32(27-52-48)13-11-29-7-9-30(10-8-29)17-20-56-21-18-33(19-22-56)64-23-5-6-31-12-14-39-41(24-31)55(2)49(62)57(39)40-15-16-43(58)54-46(40)60/h12,14,24-27,29-30,33-34,38,40,44H,4-10,15-23,28H2,1-3H3,(H2,51,59)(H,53,61)(H,54,58,60)/t29-,30-,34-,38+,40?,44-/m0/s1. The quantitative estimate of drug-likeness (QED) is 0.0844. The number of fused-ring (bicyclic) bond motifs is 2. The number of benzene rings is 2. The van der Waals surface area contributed by atoms with Gasteiger partial charge in [-0.05, 0) is 113 Å². The van der Waals surface area contributed by atoms with Gasteiger partial charge >= 0.3 is 5.69 Å². The van der Waals surface area contributed by atoms with Crippen molar-refractivity contribution in [1.29, 1.82) is 0 Å². The molecule has 5 heterocycles. The molecule has 346 valence electrons. The number of rotatable bonds is 15. The van der Waals surface area contributed by atoms with E-state index >= 15 is 0 Å². The number of carbonyl (C=O) groups is 4. The van der Waals surface area contributed by atoms with Gasteiger partial charge in [0.05, 0.1) is 41.4 Å². The Balaban J connectivity index is 0.777. The molecule has 2 aromatic carbocycles. The first-order valence-electron chi connectivity index (χ1n) is 23.2. The van der Waals surface area contributed by atoms with Gasteiger partial charge in [0.2, 0.25) is 17.7 Å². The van der Waals surface area contributed by atoms with E-state index in [1.807, 2.05) is 25.1 Å². The number of nitrogens with zero attached hydrogens (tertiary/aromatic N) is 4. The minimum atomic E-state index is -1.58. The van der Waals surface area contributed by atoms with Crippen LogP contribution in [0.2, 0.25) is 0 Å². The van der Waals surface area contributed by atoms with E-state index in [-0.39, 0.29) is 53.8 Å². The molecule has 4 fully saturated rings. The third kappa shape index (κ3) is 10.1. The number of halogens is 1. The van der Waals surface area contributed by atoms with Gasteiger partial charge in [-0.1, -0.05) is 24.8 Å². The summed E-state index contributed by atoms with van der Waals surface area (Å²) < 4.78 is 35.4. The van der Waals surface area contributed by atoms with Gasteiger partial charge in [-0.3, -0.25) is 33.6 Å². The van der Waals surface area contributed by atoms with E-state index in [0.717, 1.165) is 82.1 Å². The number of hydrogen-bond donors (Lipinski definition) is 3. The van der Waals surface area contributed by atoms with Crippen LogP contribution >= 0.6 is 0 Å². The van der Waals surface area contributed by atoms with E-state index in [1.54, 1.807) is 29.9 Å². The maximum atomic E-state index is 14.4. The third-order valence-electron chi connectivity index (χ3n) is 14.1. The molecular weight excluding hydrogens is 834 g/mol. The lowest BCUT2D eigenvalue weighted by Gasteiger charge is -2.33. The molecule has 1 unspecified atom stereocenters. The number of hydrogen-bond acceptors (Lipinski definition) is 10. The van der Waals surface area contributed by atoms with Crippen molar-refractivity contribution in [3.8, 4) is 23.5 Å². The Labute approximate surface area is 377 Å². The van der Waals surface area contributed by atoms with Crippen LogP contribution < -0.4 is 31.5 Å². The summed E-state index contributed by atoms with van der Waals surface area (Å²) >= 11 is 0. The van der Waals surface area contributed by atoms with Crippen LogP contribution in [-0.4, -0.2) is 101 Å². The number of pyridine rings is 1. The van der Waals surface area contributed by atoms with Crippen LogP contribution in [0.1, 0.15) is 105 Å². The minimum Gasteiger partial charge on any atom is -0.496 e. The van der Waals surface area contributed by atoms with Crippen LogP contribution in [0, 0.1) is 29.6 Å². The first-order valence-corrected chi connectivity index (χ1v) is 23.2. The van der Waals surface area contributed by atoms with Crippen molar-refractivity contribution in [3.63, 3.8) is 0 Å². The highest BCUT2D eigenvalue weighted by Crippen LogP contribution is 2.35. The number of aromatic nitrogens is 3. The molecule has 0 spiro atoms. The van der Waals surface area contributed by atoms with Crippen LogP contribution in [-0.2, 0) is 32.6 Å². The predicted molar refractivity (Wildman–Crippen MR) is 242 cm³/mol. The normalized spacial score (nSPS) is 24.2. The smallest absolute Gasteiger partial charge is 0.329 e. The van der Waals surface area contributed by atoms with Crippen molar-refractivity contribution in [2.45, 2.75) is 108 Å². The third-order valence-corrected chi connectivity index (χ3v) is 14.1. The number of nitrogens with one attached hydrogen (secondary N) is 2. The number of methoxy groups -OCH3 is 1. The summed E-state index contributed by atoms with van der Waals surface area (Å²) in [6, 6.07) is 8.07. The molecule has 4 atom stereocenters. The first-order chi connectivity index (χ1) is 31.4. The number of imide groups is 1. The van der Waals surface area contributed by atoms with Crippen molar-refractivity contribution in [1.82, 2.24) is 29.7 Å². The summed E-state index contributed by atoms with van der Waals surface area (Å²) in [7, 11) is 3.17. The molecule has 8 rings (SSSR count). The van der Waals surface area contributed by atoms with Gasteiger partial charge in [-0.2, -0.15) is 0 Å². The Morgan fingerprint density at radius 3 is 2.49 bits per heavy atom. The maximum Gasteiger partial charge on any atom is 0.329 e. The average Bonchev–Trinajstić information content (AvgIpc) is 3.73. The van der Waals surface area contributed by atoms with Crippen molar-refractivity contribution >= 4 is 45.4 Å². The summed E-state index contributed by atoms with van der Waals surface area (Å²) in [4.78, 5) is 68.9. The maximum absolute atomic E-state index is 14.4. The van der Waals surface area contributed by atoms with Crippen LogP contribution in [0.15, 0.2) is 41.3 Å². The van der Waals surface area contributed by atoms with Crippen molar-refractivity contribution in [2.75, 3.05) is 40.0 Å². The Hall–Kier alpha value is -5.79. The molecule has 3 aliphatic heterocycles. The summed E-state index contributed by atoms with van der Waals surface area (Å²) in [6.07, 6.45) is 10.5. The van der Waals surface area contributed by atoms with E-state index in [4.69, 9.17) is 19.9 Å². The van der Waals surface area contributed by atoms with Crippen LogP contribution in [0.3, 0.4) is 0 Å². The van der Waals surface area contributed by atoms with Gasteiger partial charge in [0, 0.05) is 62.0 Å². The number of aryl methyl sites for hydroxylation is 2. The second-order valence-electron chi connectivity index (χ2n) is 18.1. The highest BCUT2D eigenvalue weighted by atomic mass is 19.1. The molecule has 1 aliphatic carbocycles. The average molecular weight is 894 g/mol. The first kappa shape index (κ1) is 45.8. The largest absolute Gasteiger partial charge is 0.496 e. The molecule has 2 aromatic heterocycles. The molecule has 65 heavy (non-hydrogen) atoms. The molecule has 4 aromatic rings. The van der Waals surface area contributed by atoms with Crippen molar-refractivity contribution < 1.29 is 37.8 Å². The Kier molecular flexibility index (Phi) is 14.2. The number of carbonyl (C=O) groups excluding carboxylic acids is 4. The zero-order valence-electron chi connectivity index (χ0n) is 37.5. The molecule has 4 amide bonds. The lowest BCUT2D eigenvalue weighted by atomic mass is 9.80. The minimum absolute atomic E-state index is 0.0376. The summed E-state index contributed by atoms with van der Waals surface area (Å²) in [6.45, 7) is 5.70. The zero-order valence-corrected chi connectivity index (χ0v) is 37.5. The van der Waals surface area contributed by atoms with Gasteiger partial charge in [-0.15, -0.1) is 0 Å². The predicted octanol–water partition coefficient (Wildman–Crippen LogP) is 4.88. The lowest BCUT2D eigenvalue weighted by Crippen LogP contribution is -2.44. The van der Waals surface area contributed by atoms with E-state index in [1.165, 1.54) is 18.1 Å². The number of imidazole rings is 1. The van der Waals surface area contributed by atoms with Crippen LogP contribution in [0.25, 0.3) is 21.8 Å². The van der Waals surface area contributed by atoms with Crippen molar-refractivity contribution in [2.24, 2.45) is 30.5 Å². The monoisotopic (exact) mass is 893 g/mol. The second-order valence-corrected chi connectivity index (χ2v) is 18.1. The molecule has 0 bridgehead atoms. The number of ether oxygens (including phenoxy) is 3. The van der Waals surface area contributed by atoms with Crippen molar-refractivity contribution in [3.05, 3.63) is 63.7 Å². The van der Waals surface area contributed by atoms with E-state index in [9.17, 15) is 28.4 Å². The fourth-order valence-electron chi connectivity index (χ4n) is 10.2. The van der Waals surface area contributed by atoms with Gasteiger partial charge in [0.1, 0.15) is 18.4 Å². The second kappa shape index (κ2) is 20.2. The van der Waals surface area contributed by atoms with Gasteiger partial charge in [0.25, 0.3) is 11.8 Å². The highest BCUT2D eigenvalue weighted by Gasteiger charge is 2.42. The fourth-order valence-corrected chi connectivity index (χ4v) is 10.2. The zero-order chi connectivity index (χ0) is 45.8. The Morgan fingerprint density at radius 1 is 0.985 bits per heavy atom. The van der Waals surface area contributed by atoms with Crippen LogP contribution in [0.5, 0.6) is 11.6 Å². The molecule has 1 saturated carbocycles. The number of likely N-dealkylation sites (tertiary alicyclic amines) is 1.